The molecule has 2 saturated heterocycles. The largest absolute Gasteiger partial charge is 0.385 e. The van der Waals surface area contributed by atoms with Crippen molar-refractivity contribution in [3.8, 4) is 11.1 Å². The van der Waals surface area contributed by atoms with E-state index in [-0.39, 0.29) is 18.0 Å². The zero-order valence-corrected chi connectivity index (χ0v) is 23.1. The molecule has 2 aliphatic heterocycles. The lowest BCUT2D eigenvalue weighted by molar-refractivity contribution is -0.0559. The van der Waals surface area contributed by atoms with Gasteiger partial charge in [-0.3, -0.25) is 0 Å². The summed E-state index contributed by atoms with van der Waals surface area (Å²) in [5.41, 5.74) is 3.33. The number of nitrogens with one attached hydrogen (secondary N) is 1. The summed E-state index contributed by atoms with van der Waals surface area (Å²) in [7, 11) is 3.84. The van der Waals surface area contributed by atoms with Gasteiger partial charge in [0.25, 0.3) is 0 Å². The number of methoxy groups -OCH3 is 1. The van der Waals surface area contributed by atoms with Crippen molar-refractivity contribution in [3.63, 3.8) is 0 Å². The number of carbonyl (C=O) groups excluding carboxylic acids is 1. The number of benzene rings is 2. The van der Waals surface area contributed by atoms with Crippen LogP contribution in [0.2, 0.25) is 0 Å². The number of carbonyl (C=O) groups is 1. The Balaban J connectivity index is 1.58. The molecule has 0 radical (unpaired) electrons. The van der Waals surface area contributed by atoms with E-state index in [0.29, 0.717) is 25.6 Å². The van der Waals surface area contributed by atoms with Gasteiger partial charge in [0.15, 0.2) is 0 Å². The van der Waals surface area contributed by atoms with Crippen LogP contribution in [-0.4, -0.2) is 73.4 Å². The predicted octanol–water partition coefficient (Wildman–Crippen LogP) is 5.18. The van der Waals surface area contributed by atoms with Gasteiger partial charge in [-0.05, 0) is 76.1 Å². The van der Waals surface area contributed by atoms with Gasteiger partial charge in [0.2, 0.25) is 0 Å². The summed E-state index contributed by atoms with van der Waals surface area (Å²) in [6, 6.07) is 17.5. The Kier molecular flexibility index (Phi) is 9.27. The van der Waals surface area contributed by atoms with E-state index in [1.807, 2.05) is 17.0 Å². The summed E-state index contributed by atoms with van der Waals surface area (Å²) in [5, 5.41) is 15.8. The van der Waals surface area contributed by atoms with Gasteiger partial charge in [0.05, 0.1) is 5.60 Å². The number of nitrogens with zero attached hydrogens (tertiary/aromatic N) is 2. The average molecular weight is 508 g/mol. The molecule has 0 aliphatic carbocycles. The number of unbranched alkanes of at least 4 members (excludes halogenated alkanes) is 1. The number of hydrogen-bond donors (Lipinski definition) is 2. The van der Waals surface area contributed by atoms with Crippen LogP contribution in [0.3, 0.4) is 0 Å². The molecule has 4 rings (SSSR count). The summed E-state index contributed by atoms with van der Waals surface area (Å²) in [4.78, 5) is 17.5. The number of aliphatic hydroxyl groups is 1. The van der Waals surface area contributed by atoms with E-state index < -0.39 is 5.60 Å². The molecule has 2 aromatic rings. The van der Waals surface area contributed by atoms with Crippen molar-refractivity contribution in [1.82, 2.24) is 15.1 Å². The molecule has 0 aromatic heterocycles. The van der Waals surface area contributed by atoms with Crippen molar-refractivity contribution in [2.45, 2.75) is 70.1 Å². The molecule has 0 spiro atoms. The molecule has 2 N–H and O–H groups in total. The lowest BCUT2D eigenvalue weighted by Gasteiger charge is -2.43. The maximum Gasteiger partial charge on any atom is 0.317 e. The SMILES string of the molecule is COCCCC[C@@](O)(c1ccccc1-c1ccc(C)cc1)[C@@H]1CCCN(C(=O)N[C@H]2CC(C)N(C)C2)C1. The second-order valence-corrected chi connectivity index (χ2v) is 11.2. The van der Waals surface area contributed by atoms with E-state index in [1.165, 1.54) is 5.56 Å². The third-order valence-electron chi connectivity index (χ3n) is 8.51. The van der Waals surface area contributed by atoms with Crippen LogP contribution in [0.4, 0.5) is 4.79 Å². The molecule has 2 amide bonds. The highest BCUT2D eigenvalue weighted by Gasteiger charge is 2.42. The van der Waals surface area contributed by atoms with Crippen LogP contribution in [0.1, 0.15) is 56.6 Å². The minimum Gasteiger partial charge on any atom is -0.385 e. The topological polar surface area (TPSA) is 65.0 Å². The summed E-state index contributed by atoms with van der Waals surface area (Å²) >= 11 is 0. The highest BCUT2D eigenvalue weighted by Crippen LogP contribution is 2.43. The zero-order chi connectivity index (χ0) is 26.4. The van der Waals surface area contributed by atoms with E-state index in [2.05, 4.69) is 67.5 Å². The molecule has 1 unspecified atom stereocenters. The molecule has 6 heteroatoms. The Morgan fingerprint density at radius 2 is 1.89 bits per heavy atom. The number of ether oxygens (including phenoxy) is 1. The molecular formula is C31H45N3O3. The van der Waals surface area contributed by atoms with Crippen LogP contribution in [0.5, 0.6) is 0 Å². The van der Waals surface area contributed by atoms with Crippen molar-refractivity contribution in [2.24, 2.45) is 5.92 Å². The molecule has 37 heavy (non-hydrogen) atoms. The number of piperidine rings is 1. The zero-order valence-electron chi connectivity index (χ0n) is 23.1. The lowest BCUT2D eigenvalue weighted by atomic mass is 9.72. The minimum absolute atomic E-state index is 0.00533. The lowest BCUT2D eigenvalue weighted by Crippen LogP contribution is -2.52. The van der Waals surface area contributed by atoms with Gasteiger partial charge in [0.1, 0.15) is 0 Å². The Morgan fingerprint density at radius 3 is 2.59 bits per heavy atom. The monoisotopic (exact) mass is 507 g/mol. The Morgan fingerprint density at radius 1 is 1.14 bits per heavy atom. The molecule has 6 nitrogen and oxygen atoms in total. The number of likely N-dealkylation sites (tertiary alicyclic amines) is 2. The molecule has 2 fully saturated rings. The summed E-state index contributed by atoms with van der Waals surface area (Å²) in [5.74, 6) is -0.0358. The quantitative estimate of drug-likeness (QED) is 0.459. The Hall–Kier alpha value is -2.41. The first kappa shape index (κ1) is 27.6. The fourth-order valence-electron chi connectivity index (χ4n) is 6.16. The molecule has 202 valence electrons. The molecular weight excluding hydrogens is 462 g/mol. The smallest absolute Gasteiger partial charge is 0.317 e. The standard InChI is InChI=1S/C31H45N3O3/c1-23-13-15-25(16-14-23)28-11-5-6-12-29(28)31(36,17-7-8-19-37-4)26-10-9-18-34(21-26)30(35)32-27-20-24(2)33(3)22-27/h5-6,11-16,24,26-27,36H,7-10,17-22H2,1-4H3,(H,32,35)/t24?,26-,27+,31+/m1/s1. The van der Waals surface area contributed by atoms with Crippen LogP contribution in [-0.2, 0) is 10.3 Å². The van der Waals surface area contributed by atoms with Gasteiger partial charge in [-0.2, -0.15) is 0 Å². The molecule has 2 aromatic carbocycles. The van der Waals surface area contributed by atoms with Gasteiger partial charge in [-0.15, -0.1) is 0 Å². The first-order valence-corrected chi connectivity index (χ1v) is 14.0. The molecule has 2 aliphatic rings. The predicted molar refractivity (Wildman–Crippen MR) is 150 cm³/mol. The highest BCUT2D eigenvalue weighted by molar-refractivity contribution is 5.75. The van der Waals surface area contributed by atoms with Gasteiger partial charge in [0, 0.05) is 51.4 Å². The van der Waals surface area contributed by atoms with E-state index in [0.717, 1.165) is 61.9 Å². The van der Waals surface area contributed by atoms with Crippen molar-refractivity contribution in [3.05, 3.63) is 59.7 Å². The third kappa shape index (κ3) is 6.54. The van der Waals surface area contributed by atoms with Crippen LogP contribution in [0.15, 0.2) is 48.5 Å². The first-order valence-electron chi connectivity index (χ1n) is 14.0. The summed E-state index contributed by atoms with van der Waals surface area (Å²) in [6.07, 6.45) is 5.18. The van der Waals surface area contributed by atoms with Gasteiger partial charge >= 0.3 is 6.03 Å². The normalized spacial score (nSPS) is 24.1. The fraction of sp³-hybridized carbons (Fsp3) is 0.581. The van der Waals surface area contributed by atoms with Crippen LogP contribution >= 0.6 is 0 Å². The van der Waals surface area contributed by atoms with Crippen LogP contribution < -0.4 is 5.32 Å². The average Bonchev–Trinajstić information content (AvgIpc) is 3.23. The maximum absolute atomic E-state index is 13.3. The molecule has 0 saturated carbocycles. The van der Waals surface area contributed by atoms with E-state index in [9.17, 15) is 9.90 Å². The number of rotatable bonds is 9. The number of aryl methyl sites for hydroxylation is 1. The Labute approximate surface area is 223 Å². The second kappa shape index (κ2) is 12.4. The van der Waals surface area contributed by atoms with Gasteiger partial charge in [-0.1, -0.05) is 54.1 Å². The second-order valence-electron chi connectivity index (χ2n) is 11.2. The van der Waals surface area contributed by atoms with Crippen molar-refractivity contribution in [1.29, 1.82) is 0 Å². The summed E-state index contributed by atoms with van der Waals surface area (Å²) in [6.45, 7) is 7.17. The van der Waals surface area contributed by atoms with Crippen LogP contribution in [0.25, 0.3) is 11.1 Å². The third-order valence-corrected chi connectivity index (χ3v) is 8.51. The number of amides is 2. The van der Waals surface area contributed by atoms with E-state index in [1.54, 1.807) is 7.11 Å². The maximum atomic E-state index is 13.3. The van der Waals surface area contributed by atoms with Crippen LogP contribution in [0, 0.1) is 12.8 Å². The molecule has 4 atom stereocenters. The van der Waals surface area contributed by atoms with E-state index >= 15 is 0 Å². The van der Waals surface area contributed by atoms with Crippen molar-refractivity contribution in [2.75, 3.05) is 40.4 Å². The fourth-order valence-corrected chi connectivity index (χ4v) is 6.16. The molecule has 0 bridgehead atoms. The summed E-state index contributed by atoms with van der Waals surface area (Å²) < 4.78 is 5.29. The highest BCUT2D eigenvalue weighted by atomic mass is 16.5. The van der Waals surface area contributed by atoms with Crippen molar-refractivity contribution >= 4 is 6.03 Å². The van der Waals surface area contributed by atoms with Gasteiger partial charge in [-0.25, -0.2) is 4.79 Å². The first-order chi connectivity index (χ1) is 17.8. The number of urea groups is 1. The van der Waals surface area contributed by atoms with E-state index in [4.69, 9.17) is 4.74 Å². The Bertz CT molecular complexity index is 1020. The van der Waals surface area contributed by atoms with Crippen molar-refractivity contribution < 1.29 is 14.6 Å². The number of hydrogen-bond acceptors (Lipinski definition) is 4. The molecule has 2 heterocycles. The minimum atomic E-state index is -1.03. The van der Waals surface area contributed by atoms with Gasteiger partial charge < -0.3 is 25.0 Å². The number of likely N-dealkylation sites (N-methyl/N-ethyl adjacent to an activating group) is 1.